The molecule has 3 nitrogen and oxygen atoms in total. The van der Waals surface area contributed by atoms with Gasteiger partial charge < -0.3 is 10.1 Å². The number of hydrogen-bond donors (Lipinski definition) is 1. The molecule has 0 radical (unpaired) electrons. The molecule has 0 spiro atoms. The van der Waals surface area contributed by atoms with Gasteiger partial charge in [0.1, 0.15) is 0 Å². The van der Waals surface area contributed by atoms with E-state index < -0.39 is 5.82 Å². The molecule has 0 saturated heterocycles. The number of ether oxygens (including phenoxy) is 1. The quantitative estimate of drug-likeness (QED) is 0.877. The summed E-state index contributed by atoms with van der Waals surface area (Å²) in [5, 5.41) is 3.10. The van der Waals surface area contributed by atoms with Crippen molar-refractivity contribution in [2.24, 2.45) is 0 Å². The maximum absolute atomic E-state index is 13.5. The van der Waals surface area contributed by atoms with Gasteiger partial charge in [-0.05, 0) is 46.3 Å². The van der Waals surface area contributed by atoms with Crippen LogP contribution >= 0.6 is 27.5 Å². The minimum Gasteiger partial charge on any atom is -0.492 e. The number of benzene rings is 2. The maximum atomic E-state index is 13.5. The molecule has 6 heteroatoms. The molecule has 0 atom stereocenters. The second kappa shape index (κ2) is 6.24. The molecular weight excluding hydrogens is 349 g/mol. The Labute approximate surface area is 128 Å². The van der Waals surface area contributed by atoms with Crippen molar-refractivity contribution in [3.63, 3.8) is 0 Å². The molecule has 2 aromatic rings. The molecule has 1 N–H and O–H groups in total. The summed E-state index contributed by atoms with van der Waals surface area (Å²) in [6.45, 7) is 0. The Hall–Kier alpha value is -1.59. The van der Waals surface area contributed by atoms with Crippen LogP contribution < -0.4 is 10.1 Å². The highest BCUT2D eigenvalue weighted by Crippen LogP contribution is 2.28. The summed E-state index contributed by atoms with van der Waals surface area (Å²) in [6, 6.07) is 9.07. The van der Waals surface area contributed by atoms with E-state index in [9.17, 15) is 9.18 Å². The van der Waals surface area contributed by atoms with Gasteiger partial charge in [0.15, 0.2) is 11.6 Å². The van der Waals surface area contributed by atoms with Crippen molar-refractivity contribution in [2.75, 3.05) is 12.4 Å². The van der Waals surface area contributed by atoms with E-state index in [4.69, 9.17) is 16.3 Å². The zero-order chi connectivity index (χ0) is 14.7. The van der Waals surface area contributed by atoms with Gasteiger partial charge in [-0.25, -0.2) is 4.39 Å². The molecule has 0 aliphatic carbocycles. The first kappa shape index (κ1) is 14.8. The topological polar surface area (TPSA) is 38.3 Å². The molecule has 0 heterocycles. The summed E-state index contributed by atoms with van der Waals surface area (Å²) in [7, 11) is 1.34. The lowest BCUT2D eigenvalue weighted by Crippen LogP contribution is -2.13. The molecule has 1 amide bonds. The average Bonchev–Trinajstić information content (AvgIpc) is 2.42. The lowest BCUT2D eigenvalue weighted by Gasteiger charge is -2.11. The SMILES string of the molecule is COc1c(F)cccc1NC(=O)c1ccc(Cl)c(Br)c1. The fourth-order valence-electron chi connectivity index (χ4n) is 1.65. The van der Waals surface area contributed by atoms with E-state index in [1.165, 1.54) is 19.2 Å². The van der Waals surface area contributed by atoms with Gasteiger partial charge in [-0.1, -0.05) is 17.7 Å². The minimum absolute atomic E-state index is 0.00567. The Bertz CT molecular complexity index is 664. The number of hydrogen-bond acceptors (Lipinski definition) is 2. The Kier molecular flexibility index (Phi) is 4.62. The lowest BCUT2D eigenvalue weighted by atomic mass is 10.2. The number of para-hydroxylation sites is 1. The van der Waals surface area contributed by atoms with Crippen LogP contribution in [0.5, 0.6) is 5.75 Å². The fourth-order valence-corrected chi connectivity index (χ4v) is 2.14. The second-order valence-corrected chi connectivity index (χ2v) is 5.17. The van der Waals surface area contributed by atoms with E-state index >= 15 is 0 Å². The van der Waals surface area contributed by atoms with E-state index in [-0.39, 0.29) is 17.3 Å². The summed E-state index contributed by atoms with van der Waals surface area (Å²) < 4.78 is 19.1. The third kappa shape index (κ3) is 3.11. The number of rotatable bonds is 3. The van der Waals surface area contributed by atoms with Gasteiger partial charge in [-0.2, -0.15) is 0 Å². The highest BCUT2D eigenvalue weighted by Gasteiger charge is 2.13. The van der Waals surface area contributed by atoms with Crippen LogP contribution in [-0.2, 0) is 0 Å². The third-order valence-corrected chi connectivity index (χ3v) is 3.82. The van der Waals surface area contributed by atoms with Gasteiger partial charge in [0, 0.05) is 10.0 Å². The largest absolute Gasteiger partial charge is 0.492 e. The number of anilines is 1. The summed E-state index contributed by atoms with van der Waals surface area (Å²) in [6.07, 6.45) is 0. The van der Waals surface area contributed by atoms with Gasteiger partial charge in [0.2, 0.25) is 0 Å². The van der Waals surface area contributed by atoms with Gasteiger partial charge in [0.25, 0.3) is 5.91 Å². The van der Waals surface area contributed by atoms with Gasteiger partial charge >= 0.3 is 0 Å². The van der Waals surface area contributed by atoms with Crippen molar-refractivity contribution < 1.29 is 13.9 Å². The normalized spacial score (nSPS) is 10.2. The zero-order valence-corrected chi connectivity index (χ0v) is 12.8. The van der Waals surface area contributed by atoms with Crippen LogP contribution in [-0.4, -0.2) is 13.0 Å². The smallest absolute Gasteiger partial charge is 0.255 e. The molecule has 2 aromatic carbocycles. The van der Waals surface area contributed by atoms with E-state index in [1.807, 2.05) is 0 Å². The van der Waals surface area contributed by atoms with E-state index in [0.717, 1.165) is 0 Å². The van der Waals surface area contributed by atoms with Crippen LogP contribution in [0.1, 0.15) is 10.4 Å². The molecule has 0 saturated carbocycles. The van der Waals surface area contributed by atoms with E-state index in [1.54, 1.807) is 24.3 Å². The van der Waals surface area contributed by atoms with Crippen molar-refractivity contribution in [3.05, 3.63) is 57.3 Å². The Morgan fingerprint density at radius 3 is 2.75 bits per heavy atom. The van der Waals surface area contributed by atoms with E-state index in [0.29, 0.717) is 15.1 Å². The predicted octanol–water partition coefficient (Wildman–Crippen LogP) is 4.50. The Morgan fingerprint density at radius 2 is 2.10 bits per heavy atom. The fraction of sp³-hybridized carbons (Fsp3) is 0.0714. The zero-order valence-electron chi connectivity index (χ0n) is 10.4. The Balaban J connectivity index is 2.28. The first-order chi connectivity index (χ1) is 9.52. The molecule has 104 valence electrons. The predicted molar refractivity (Wildman–Crippen MR) is 80.1 cm³/mol. The first-order valence-corrected chi connectivity index (χ1v) is 6.79. The van der Waals surface area contributed by atoms with Gasteiger partial charge in [-0.15, -0.1) is 0 Å². The van der Waals surface area contributed by atoms with Crippen LogP contribution in [0.3, 0.4) is 0 Å². The molecule has 0 bridgehead atoms. The van der Waals surface area contributed by atoms with Crippen molar-refractivity contribution in [1.29, 1.82) is 0 Å². The molecular formula is C14H10BrClFNO2. The monoisotopic (exact) mass is 357 g/mol. The average molecular weight is 359 g/mol. The third-order valence-electron chi connectivity index (χ3n) is 2.60. The van der Waals surface area contributed by atoms with Crippen LogP contribution in [0.4, 0.5) is 10.1 Å². The number of nitrogens with one attached hydrogen (secondary N) is 1. The van der Waals surface area contributed by atoms with Gasteiger partial charge in [0.05, 0.1) is 17.8 Å². The molecule has 2 rings (SSSR count). The first-order valence-electron chi connectivity index (χ1n) is 5.62. The molecule has 0 aliphatic heterocycles. The van der Waals surface area contributed by atoms with Crippen molar-refractivity contribution >= 4 is 39.1 Å². The van der Waals surface area contributed by atoms with Crippen LogP contribution in [0.15, 0.2) is 40.9 Å². The number of methoxy groups -OCH3 is 1. The highest BCUT2D eigenvalue weighted by atomic mass is 79.9. The summed E-state index contributed by atoms with van der Waals surface area (Å²) in [4.78, 5) is 12.1. The molecule has 0 unspecified atom stereocenters. The number of carbonyl (C=O) groups excluding carboxylic acids is 1. The minimum atomic E-state index is -0.539. The van der Waals surface area contributed by atoms with Crippen LogP contribution in [0.2, 0.25) is 5.02 Å². The molecule has 0 fully saturated rings. The summed E-state index contributed by atoms with van der Waals surface area (Å²) in [5.74, 6) is -0.928. The summed E-state index contributed by atoms with van der Waals surface area (Å²) in [5.41, 5.74) is 0.663. The van der Waals surface area contributed by atoms with Crippen LogP contribution in [0.25, 0.3) is 0 Å². The summed E-state index contributed by atoms with van der Waals surface area (Å²) >= 11 is 9.11. The van der Waals surface area contributed by atoms with Crippen molar-refractivity contribution in [2.45, 2.75) is 0 Å². The van der Waals surface area contributed by atoms with Crippen molar-refractivity contribution in [1.82, 2.24) is 0 Å². The standard InChI is InChI=1S/C14H10BrClFNO2/c1-20-13-11(17)3-2-4-12(13)18-14(19)8-5-6-10(16)9(15)7-8/h2-7H,1H3,(H,18,19). The van der Waals surface area contributed by atoms with E-state index in [2.05, 4.69) is 21.2 Å². The van der Waals surface area contributed by atoms with Gasteiger partial charge in [-0.3, -0.25) is 4.79 Å². The lowest BCUT2D eigenvalue weighted by molar-refractivity contribution is 0.102. The molecule has 20 heavy (non-hydrogen) atoms. The highest BCUT2D eigenvalue weighted by molar-refractivity contribution is 9.10. The number of amides is 1. The molecule has 0 aliphatic rings. The second-order valence-electron chi connectivity index (χ2n) is 3.90. The Morgan fingerprint density at radius 1 is 1.35 bits per heavy atom. The molecule has 0 aromatic heterocycles. The van der Waals surface area contributed by atoms with Crippen molar-refractivity contribution in [3.8, 4) is 5.75 Å². The van der Waals surface area contributed by atoms with Crippen LogP contribution in [0, 0.1) is 5.82 Å². The number of carbonyl (C=O) groups is 1. The maximum Gasteiger partial charge on any atom is 0.255 e. The number of halogens is 3.